The fourth-order valence-corrected chi connectivity index (χ4v) is 2.74. The minimum Gasteiger partial charge on any atom is -0.477 e. The van der Waals surface area contributed by atoms with Crippen molar-refractivity contribution < 1.29 is 44.6 Å². The Morgan fingerprint density at radius 2 is 2.04 bits per heavy atom. The van der Waals surface area contributed by atoms with Crippen LogP contribution >= 0.6 is 11.6 Å². The molecule has 6 atom stereocenters. The van der Waals surface area contributed by atoms with Gasteiger partial charge in [-0.1, -0.05) is 0 Å². The van der Waals surface area contributed by atoms with Gasteiger partial charge >= 0.3 is 5.97 Å². The van der Waals surface area contributed by atoms with Gasteiger partial charge in [0.2, 0.25) is 5.24 Å². The summed E-state index contributed by atoms with van der Waals surface area (Å²) in [6, 6.07) is 0. The van der Waals surface area contributed by atoms with E-state index >= 15 is 0 Å². The summed E-state index contributed by atoms with van der Waals surface area (Å²) < 4.78 is 10.0. The molecular weight excluding hydrogens is 338 g/mol. The first-order valence-electron chi connectivity index (χ1n) is 6.62. The second kappa shape index (κ2) is 7.36. The highest BCUT2D eigenvalue weighted by Gasteiger charge is 2.60. The van der Waals surface area contributed by atoms with Crippen molar-refractivity contribution in [2.24, 2.45) is 5.73 Å². The van der Waals surface area contributed by atoms with E-state index < -0.39 is 66.4 Å². The van der Waals surface area contributed by atoms with Gasteiger partial charge < -0.3 is 40.7 Å². The molecule has 1 saturated heterocycles. The second-order valence-electron chi connectivity index (χ2n) is 5.41. The number of ether oxygens (including phenoxy) is 2. The Morgan fingerprint density at radius 3 is 2.43 bits per heavy atom. The fourth-order valence-electron chi connectivity index (χ4n) is 2.51. The van der Waals surface area contributed by atoms with Crippen molar-refractivity contribution in [1.29, 1.82) is 0 Å². The molecule has 0 radical (unpaired) electrons. The maximum Gasteiger partial charge on any atom is 0.364 e. The predicted molar refractivity (Wildman–Crippen MR) is 74.4 cm³/mol. The van der Waals surface area contributed by atoms with Gasteiger partial charge in [-0.3, -0.25) is 4.79 Å². The summed E-state index contributed by atoms with van der Waals surface area (Å²) in [5.41, 5.74) is 3.94. The maximum atomic E-state index is 11.4. The number of carbonyl (C=O) groups excluding carboxylic acids is 1. The number of carboxylic acids is 1. The van der Waals surface area contributed by atoms with Gasteiger partial charge in [0, 0.05) is 20.0 Å². The number of halogens is 1. The molecule has 1 aliphatic heterocycles. The van der Waals surface area contributed by atoms with E-state index in [2.05, 4.69) is 0 Å². The van der Waals surface area contributed by atoms with Gasteiger partial charge in [-0.2, -0.15) is 0 Å². The van der Waals surface area contributed by atoms with Gasteiger partial charge in [-0.05, 0) is 11.6 Å². The lowest BCUT2D eigenvalue weighted by Crippen LogP contribution is -2.73. The third-order valence-electron chi connectivity index (χ3n) is 3.92. The van der Waals surface area contributed by atoms with Crippen LogP contribution < -0.4 is 5.73 Å². The lowest BCUT2D eigenvalue weighted by Gasteiger charge is -2.51. The van der Waals surface area contributed by atoms with Crippen LogP contribution in [0.15, 0.2) is 0 Å². The van der Waals surface area contributed by atoms with Crippen molar-refractivity contribution in [3.8, 4) is 0 Å². The Hall–Kier alpha value is -0.850. The standard InChI is InChI=1S/C12H20ClNO9/c1-22-12(10(20)21)2-6(17)11(14,3-7(13)18)9(23-12)8(19)5(16)4-15/h5-6,8-9,15-17,19H,2-4,14H2,1H3,(H,20,21)/t5-,6+,8-,9+,11-,12+/m1/s1. The zero-order valence-corrected chi connectivity index (χ0v) is 13.0. The molecule has 0 aromatic rings. The van der Waals surface area contributed by atoms with Crippen LogP contribution in [0.5, 0.6) is 0 Å². The van der Waals surface area contributed by atoms with E-state index in [-0.39, 0.29) is 0 Å². The van der Waals surface area contributed by atoms with Gasteiger partial charge in [0.25, 0.3) is 5.79 Å². The number of methoxy groups -OCH3 is 1. The Labute approximate surface area is 136 Å². The zero-order chi connectivity index (χ0) is 18.0. The lowest BCUT2D eigenvalue weighted by atomic mass is 9.75. The van der Waals surface area contributed by atoms with Gasteiger partial charge in [-0.25, -0.2) is 4.79 Å². The molecule has 0 amide bonds. The SMILES string of the molecule is CO[C@@]1(C(=O)O)C[C@H](O)[C@](N)(CC(=O)Cl)[C@H]([C@H](O)[C@H](O)CO)O1. The Bertz CT molecular complexity index is 464. The minimum atomic E-state index is -2.35. The van der Waals surface area contributed by atoms with Gasteiger partial charge in [0.15, 0.2) is 0 Å². The Kier molecular flexibility index (Phi) is 6.47. The summed E-state index contributed by atoms with van der Waals surface area (Å²) >= 11 is 5.29. The lowest BCUT2D eigenvalue weighted by molar-refractivity contribution is -0.316. The number of aliphatic hydroxyl groups excluding tert-OH is 4. The normalized spacial score (nSPS) is 37.2. The molecular formula is C12H20ClNO9. The van der Waals surface area contributed by atoms with Crippen molar-refractivity contribution in [3.63, 3.8) is 0 Å². The smallest absolute Gasteiger partial charge is 0.364 e. The van der Waals surface area contributed by atoms with Crippen LogP contribution in [-0.4, -0.2) is 86.2 Å². The number of aliphatic hydroxyl groups is 4. The van der Waals surface area contributed by atoms with E-state index in [1.807, 2.05) is 0 Å². The molecule has 7 N–H and O–H groups in total. The van der Waals surface area contributed by atoms with Crippen LogP contribution in [0.1, 0.15) is 12.8 Å². The van der Waals surface area contributed by atoms with Crippen molar-refractivity contribution in [2.45, 2.75) is 48.6 Å². The van der Waals surface area contributed by atoms with Crippen molar-refractivity contribution in [1.82, 2.24) is 0 Å². The van der Waals surface area contributed by atoms with E-state index in [0.29, 0.717) is 0 Å². The molecule has 11 heteroatoms. The highest BCUT2D eigenvalue weighted by molar-refractivity contribution is 6.63. The fraction of sp³-hybridized carbons (Fsp3) is 0.833. The van der Waals surface area contributed by atoms with Crippen LogP contribution in [0.4, 0.5) is 0 Å². The van der Waals surface area contributed by atoms with Crippen LogP contribution in [0, 0.1) is 0 Å². The number of nitrogens with two attached hydrogens (primary N) is 1. The van der Waals surface area contributed by atoms with E-state index in [0.717, 1.165) is 7.11 Å². The number of rotatable bonds is 7. The molecule has 0 bridgehead atoms. The number of carboxylic acid groups (broad SMARTS) is 1. The minimum absolute atomic E-state index is 0.641. The average molecular weight is 358 g/mol. The number of aliphatic carboxylic acids is 1. The van der Waals surface area contributed by atoms with E-state index in [1.165, 1.54) is 0 Å². The summed E-state index contributed by atoms with van der Waals surface area (Å²) in [5, 5.41) is 47.2. The molecule has 0 unspecified atom stereocenters. The predicted octanol–water partition coefficient (Wildman–Crippen LogP) is -2.87. The Balaban J connectivity index is 3.31. The molecule has 1 heterocycles. The van der Waals surface area contributed by atoms with Crippen LogP contribution in [0.2, 0.25) is 0 Å². The first-order chi connectivity index (χ1) is 10.5. The molecule has 1 fully saturated rings. The molecule has 0 aromatic carbocycles. The quantitative estimate of drug-likeness (QED) is 0.259. The summed E-state index contributed by atoms with van der Waals surface area (Å²) in [5.74, 6) is -3.95. The monoisotopic (exact) mass is 357 g/mol. The number of hydrogen-bond donors (Lipinski definition) is 6. The van der Waals surface area contributed by atoms with Crippen LogP contribution in [0.3, 0.4) is 0 Å². The van der Waals surface area contributed by atoms with Gasteiger partial charge in [0.05, 0.1) is 18.2 Å². The molecule has 10 nitrogen and oxygen atoms in total. The molecule has 1 rings (SSSR count). The highest BCUT2D eigenvalue weighted by Crippen LogP contribution is 2.39. The van der Waals surface area contributed by atoms with Crippen molar-refractivity contribution >= 4 is 22.8 Å². The first kappa shape index (κ1) is 20.2. The highest BCUT2D eigenvalue weighted by atomic mass is 35.5. The second-order valence-corrected chi connectivity index (χ2v) is 5.83. The van der Waals surface area contributed by atoms with Gasteiger partial charge in [0.1, 0.15) is 18.3 Å². The molecule has 0 saturated carbocycles. The molecule has 0 spiro atoms. The summed E-state index contributed by atoms with van der Waals surface area (Å²) in [4.78, 5) is 22.6. The molecule has 0 aliphatic carbocycles. The number of hydrogen-bond acceptors (Lipinski definition) is 9. The largest absolute Gasteiger partial charge is 0.477 e. The molecule has 1 aliphatic rings. The van der Waals surface area contributed by atoms with E-state index in [9.17, 15) is 30.0 Å². The molecule has 134 valence electrons. The molecule has 23 heavy (non-hydrogen) atoms. The van der Waals surface area contributed by atoms with E-state index in [4.69, 9.17) is 31.9 Å². The van der Waals surface area contributed by atoms with Crippen LogP contribution in [0.25, 0.3) is 0 Å². The van der Waals surface area contributed by atoms with E-state index in [1.54, 1.807) is 0 Å². The summed E-state index contributed by atoms with van der Waals surface area (Å²) in [6.07, 6.45) is -8.41. The van der Waals surface area contributed by atoms with Crippen molar-refractivity contribution in [3.05, 3.63) is 0 Å². The third kappa shape index (κ3) is 3.80. The summed E-state index contributed by atoms with van der Waals surface area (Å²) in [7, 11) is 1.00. The summed E-state index contributed by atoms with van der Waals surface area (Å²) in [6.45, 7) is -0.894. The molecule has 0 aromatic heterocycles. The first-order valence-corrected chi connectivity index (χ1v) is 7.00. The maximum absolute atomic E-state index is 11.4. The zero-order valence-electron chi connectivity index (χ0n) is 12.3. The third-order valence-corrected chi connectivity index (χ3v) is 4.06. The Morgan fingerprint density at radius 1 is 1.48 bits per heavy atom. The van der Waals surface area contributed by atoms with Gasteiger partial charge in [-0.15, -0.1) is 0 Å². The number of carbonyl (C=O) groups is 2. The van der Waals surface area contributed by atoms with Crippen LogP contribution in [-0.2, 0) is 19.1 Å². The topological polar surface area (TPSA) is 180 Å². The van der Waals surface area contributed by atoms with Crippen molar-refractivity contribution in [2.75, 3.05) is 13.7 Å². The average Bonchev–Trinajstić information content (AvgIpc) is 2.47.